The Balaban J connectivity index is 1.68. The standard InChI is InChI=1S/C13H22N4O/c1-18-10-7-14-11-12-4-8-17(9-5-12)13-3-2-6-15-16-13/h2-3,6,12,14H,4-5,7-11H2,1H3. The molecule has 0 spiro atoms. The SMILES string of the molecule is COCCNCC1CCN(c2cccnn2)CC1. The number of aromatic nitrogens is 2. The van der Waals surface area contributed by atoms with E-state index >= 15 is 0 Å². The lowest BCUT2D eigenvalue weighted by molar-refractivity contribution is 0.196. The molecule has 0 atom stereocenters. The quantitative estimate of drug-likeness (QED) is 0.761. The van der Waals surface area contributed by atoms with Crippen LogP contribution < -0.4 is 10.2 Å². The Kier molecular flexibility index (Phi) is 5.36. The second kappa shape index (κ2) is 7.28. The van der Waals surface area contributed by atoms with E-state index in [2.05, 4.69) is 20.4 Å². The van der Waals surface area contributed by atoms with Gasteiger partial charge in [-0.3, -0.25) is 0 Å². The highest BCUT2D eigenvalue weighted by Gasteiger charge is 2.19. The second-order valence-electron chi connectivity index (χ2n) is 4.71. The first kappa shape index (κ1) is 13.2. The molecule has 1 saturated heterocycles. The van der Waals surface area contributed by atoms with Crippen molar-refractivity contribution in [2.24, 2.45) is 5.92 Å². The number of hydrogen-bond acceptors (Lipinski definition) is 5. The summed E-state index contributed by atoms with van der Waals surface area (Å²) in [7, 11) is 1.74. The lowest BCUT2D eigenvalue weighted by Crippen LogP contribution is -2.38. The number of nitrogens with one attached hydrogen (secondary N) is 1. The van der Waals surface area contributed by atoms with Crippen molar-refractivity contribution in [3.8, 4) is 0 Å². The molecule has 100 valence electrons. The molecule has 1 fully saturated rings. The average molecular weight is 250 g/mol. The lowest BCUT2D eigenvalue weighted by atomic mass is 9.97. The van der Waals surface area contributed by atoms with Crippen molar-refractivity contribution in [1.82, 2.24) is 15.5 Å². The first-order chi connectivity index (χ1) is 8.90. The predicted octanol–water partition coefficient (Wildman–Crippen LogP) is 0.929. The maximum absolute atomic E-state index is 5.02. The smallest absolute Gasteiger partial charge is 0.151 e. The molecule has 0 bridgehead atoms. The fourth-order valence-corrected chi connectivity index (χ4v) is 2.31. The summed E-state index contributed by atoms with van der Waals surface area (Å²) in [5.41, 5.74) is 0. The van der Waals surface area contributed by atoms with E-state index in [1.54, 1.807) is 13.3 Å². The molecule has 0 aliphatic carbocycles. The number of piperidine rings is 1. The first-order valence-electron chi connectivity index (χ1n) is 6.62. The third-order valence-electron chi connectivity index (χ3n) is 3.41. The molecule has 5 nitrogen and oxygen atoms in total. The fraction of sp³-hybridized carbons (Fsp3) is 0.692. The second-order valence-corrected chi connectivity index (χ2v) is 4.71. The molecule has 0 aromatic carbocycles. The van der Waals surface area contributed by atoms with Crippen molar-refractivity contribution >= 4 is 5.82 Å². The molecule has 0 amide bonds. The van der Waals surface area contributed by atoms with Crippen LogP contribution in [-0.4, -0.2) is 50.1 Å². The number of hydrogen-bond donors (Lipinski definition) is 1. The number of ether oxygens (including phenoxy) is 1. The summed E-state index contributed by atoms with van der Waals surface area (Å²) in [4.78, 5) is 2.32. The van der Waals surface area contributed by atoms with Crippen LogP contribution in [0.4, 0.5) is 5.82 Å². The van der Waals surface area contributed by atoms with Crippen molar-refractivity contribution in [2.45, 2.75) is 12.8 Å². The van der Waals surface area contributed by atoms with E-state index in [1.807, 2.05) is 12.1 Å². The Morgan fingerprint density at radius 3 is 2.94 bits per heavy atom. The van der Waals surface area contributed by atoms with Crippen LogP contribution in [0.3, 0.4) is 0 Å². The molecule has 1 N–H and O–H groups in total. The summed E-state index contributed by atoms with van der Waals surface area (Å²) in [6.45, 7) is 4.99. The van der Waals surface area contributed by atoms with Crippen molar-refractivity contribution in [3.05, 3.63) is 18.3 Å². The third-order valence-corrected chi connectivity index (χ3v) is 3.41. The van der Waals surface area contributed by atoms with Gasteiger partial charge in [-0.05, 0) is 37.4 Å². The summed E-state index contributed by atoms with van der Waals surface area (Å²) in [6.07, 6.45) is 4.16. The molecule has 0 saturated carbocycles. The van der Waals surface area contributed by atoms with Gasteiger partial charge < -0.3 is 15.0 Å². The Labute approximate surface area is 109 Å². The van der Waals surface area contributed by atoms with Crippen molar-refractivity contribution in [3.63, 3.8) is 0 Å². The van der Waals surface area contributed by atoms with Gasteiger partial charge in [0.2, 0.25) is 0 Å². The van der Waals surface area contributed by atoms with Crippen molar-refractivity contribution in [1.29, 1.82) is 0 Å². The van der Waals surface area contributed by atoms with Gasteiger partial charge in [-0.1, -0.05) is 0 Å². The largest absolute Gasteiger partial charge is 0.383 e. The molecule has 0 unspecified atom stereocenters. The van der Waals surface area contributed by atoms with E-state index in [9.17, 15) is 0 Å². The van der Waals surface area contributed by atoms with Crippen LogP contribution in [0.15, 0.2) is 18.3 Å². The van der Waals surface area contributed by atoms with Gasteiger partial charge in [0, 0.05) is 32.9 Å². The van der Waals surface area contributed by atoms with E-state index < -0.39 is 0 Å². The number of nitrogens with zero attached hydrogens (tertiary/aromatic N) is 3. The number of anilines is 1. The highest BCUT2D eigenvalue weighted by atomic mass is 16.5. The molecule has 1 aliphatic rings. The molecule has 1 aromatic rings. The number of methoxy groups -OCH3 is 1. The Hall–Kier alpha value is -1.20. The van der Waals surface area contributed by atoms with Crippen LogP contribution in [0.2, 0.25) is 0 Å². The maximum atomic E-state index is 5.02. The van der Waals surface area contributed by atoms with Gasteiger partial charge in [-0.2, -0.15) is 5.10 Å². The maximum Gasteiger partial charge on any atom is 0.151 e. The zero-order valence-corrected chi connectivity index (χ0v) is 11.0. The molecule has 2 rings (SSSR count). The molecule has 0 radical (unpaired) electrons. The van der Waals surface area contributed by atoms with Gasteiger partial charge in [0.15, 0.2) is 5.82 Å². The molecule has 1 aliphatic heterocycles. The summed E-state index contributed by atoms with van der Waals surface area (Å²) in [5.74, 6) is 1.78. The molecule has 2 heterocycles. The Bertz CT molecular complexity index is 325. The van der Waals surface area contributed by atoms with Crippen LogP contribution in [-0.2, 0) is 4.74 Å². The van der Waals surface area contributed by atoms with Crippen molar-refractivity contribution in [2.75, 3.05) is 44.8 Å². The summed E-state index contributed by atoms with van der Waals surface area (Å²) < 4.78 is 5.02. The highest BCUT2D eigenvalue weighted by Crippen LogP contribution is 2.20. The minimum Gasteiger partial charge on any atom is -0.383 e. The van der Waals surface area contributed by atoms with E-state index in [0.717, 1.165) is 44.5 Å². The van der Waals surface area contributed by atoms with E-state index in [-0.39, 0.29) is 0 Å². The zero-order chi connectivity index (χ0) is 12.6. The Morgan fingerprint density at radius 2 is 2.28 bits per heavy atom. The van der Waals surface area contributed by atoms with Crippen LogP contribution in [0.1, 0.15) is 12.8 Å². The van der Waals surface area contributed by atoms with Crippen molar-refractivity contribution < 1.29 is 4.74 Å². The monoisotopic (exact) mass is 250 g/mol. The zero-order valence-electron chi connectivity index (χ0n) is 11.0. The van der Waals surface area contributed by atoms with Gasteiger partial charge in [0.05, 0.1) is 6.61 Å². The molecule has 1 aromatic heterocycles. The van der Waals surface area contributed by atoms with Gasteiger partial charge in [-0.15, -0.1) is 5.10 Å². The van der Waals surface area contributed by atoms with Gasteiger partial charge in [-0.25, -0.2) is 0 Å². The van der Waals surface area contributed by atoms with E-state index in [1.165, 1.54) is 12.8 Å². The van der Waals surface area contributed by atoms with E-state index in [0.29, 0.717) is 0 Å². The molecule has 18 heavy (non-hydrogen) atoms. The van der Waals surface area contributed by atoms with Gasteiger partial charge in [0.25, 0.3) is 0 Å². The number of rotatable bonds is 6. The minimum atomic E-state index is 0.773. The van der Waals surface area contributed by atoms with Gasteiger partial charge in [0.1, 0.15) is 0 Å². The van der Waals surface area contributed by atoms with E-state index in [4.69, 9.17) is 4.74 Å². The highest BCUT2D eigenvalue weighted by molar-refractivity contribution is 5.36. The van der Waals surface area contributed by atoms with Crippen LogP contribution in [0.5, 0.6) is 0 Å². The molecular weight excluding hydrogens is 228 g/mol. The minimum absolute atomic E-state index is 0.773. The topological polar surface area (TPSA) is 50.3 Å². The first-order valence-corrected chi connectivity index (χ1v) is 6.62. The Morgan fingerprint density at radius 1 is 1.44 bits per heavy atom. The lowest BCUT2D eigenvalue weighted by Gasteiger charge is -2.32. The predicted molar refractivity (Wildman–Crippen MR) is 71.7 cm³/mol. The van der Waals surface area contributed by atoms with Crippen LogP contribution in [0.25, 0.3) is 0 Å². The fourth-order valence-electron chi connectivity index (χ4n) is 2.31. The van der Waals surface area contributed by atoms with Crippen LogP contribution >= 0.6 is 0 Å². The summed E-state index contributed by atoms with van der Waals surface area (Å²) in [6, 6.07) is 3.98. The average Bonchev–Trinajstić information content (AvgIpc) is 2.45. The summed E-state index contributed by atoms with van der Waals surface area (Å²) >= 11 is 0. The third kappa shape index (κ3) is 3.92. The summed E-state index contributed by atoms with van der Waals surface area (Å²) in [5, 5.41) is 11.5. The van der Waals surface area contributed by atoms with Gasteiger partial charge >= 0.3 is 0 Å². The van der Waals surface area contributed by atoms with Crippen LogP contribution in [0, 0.1) is 5.92 Å². The normalized spacial score (nSPS) is 17.1. The molecule has 5 heteroatoms. The molecular formula is C13H22N4O.